The van der Waals surface area contributed by atoms with Gasteiger partial charge in [0.2, 0.25) is 5.91 Å². The van der Waals surface area contributed by atoms with Gasteiger partial charge in [-0.05, 0) is 30.7 Å². The first kappa shape index (κ1) is 20.4. The number of H-pyrrole nitrogens is 1. The highest BCUT2D eigenvalue weighted by atomic mass is 32.1. The zero-order valence-electron chi connectivity index (χ0n) is 17.2. The zero-order valence-corrected chi connectivity index (χ0v) is 18.0. The molecule has 0 saturated carbocycles. The number of nitrogens with one attached hydrogen (secondary N) is 2. The second kappa shape index (κ2) is 8.19. The Morgan fingerprint density at radius 2 is 2.19 bits per heavy atom. The number of nitrogen functional groups attached to an aromatic ring is 1. The Labute approximate surface area is 186 Å². The highest BCUT2D eigenvalue weighted by molar-refractivity contribution is 7.18. The number of amidine groups is 1. The smallest absolute Gasteiger partial charge is 0.222 e. The normalized spacial score (nSPS) is 14.0. The summed E-state index contributed by atoms with van der Waals surface area (Å²) in [5, 5.41) is 8.43. The molecular formula is C22H21FN6O2S. The number of fused-ring (bicyclic) bond motifs is 2. The summed E-state index contributed by atoms with van der Waals surface area (Å²) in [6.45, 7) is 1.49. The molecule has 2 aromatic heterocycles. The molecule has 1 fully saturated rings. The molecule has 0 aliphatic carbocycles. The van der Waals surface area contributed by atoms with Crippen LogP contribution in [0.2, 0.25) is 0 Å². The zero-order chi connectivity index (χ0) is 22.2. The lowest BCUT2D eigenvalue weighted by atomic mass is 10.2. The van der Waals surface area contributed by atoms with Gasteiger partial charge in [0.05, 0.1) is 28.7 Å². The van der Waals surface area contributed by atoms with Crippen LogP contribution in [0, 0.1) is 11.2 Å². The predicted molar refractivity (Wildman–Crippen MR) is 121 cm³/mol. The van der Waals surface area contributed by atoms with E-state index in [0.29, 0.717) is 47.6 Å². The molecular weight excluding hydrogens is 431 g/mol. The van der Waals surface area contributed by atoms with Crippen LogP contribution >= 0.6 is 11.3 Å². The van der Waals surface area contributed by atoms with Crippen LogP contribution in [0.25, 0.3) is 21.3 Å². The Balaban J connectivity index is 1.36. The van der Waals surface area contributed by atoms with Gasteiger partial charge in [-0.1, -0.05) is 0 Å². The highest BCUT2D eigenvalue weighted by Crippen LogP contribution is 2.28. The van der Waals surface area contributed by atoms with E-state index in [-0.39, 0.29) is 18.3 Å². The number of amides is 1. The Bertz CT molecular complexity index is 1350. The molecule has 10 heteroatoms. The van der Waals surface area contributed by atoms with E-state index in [1.807, 2.05) is 12.1 Å². The maximum Gasteiger partial charge on any atom is 0.222 e. The van der Waals surface area contributed by atoms with Gasteiger partial charge >= 0.3 is 0 Å². The summed E-state index contributed by atoms with van der Waals surface area (Å²) >= 11 is 1.50. The Hall–Kier alpha value is -3.53. The minimum absolute atomic E-state index is 0.0165. The Kier molecular flexibility index (Phi) is 5.22. The van der Waals surface area contributed by atoms with Crippen LogP contribution in [-0.2, 0) is 11.2 Å². The number of imidazole rings is 1. The topological polar surface area (TPSA) is 121 Å². The van der Waals surface area contributed by atoms with E-state index in [0.717, 1.165) is 28.2 Å². The number of carbonyl (C=O) groups is 1. The lowest BCUT2D eigenvalue weighted by molar-refractivity contribution is -0.128. The van der Waals surface area contributed by atoms with E-state index in [4.69, 9.17) is 15.9 Å². The van der Waals surface area contributed by atoms with Crippen LogP contribution in [0.3, 0.4) is 0 Å². The van der Waals surface area contributed by atoms with Crippen molar-refractivity contribution in [2.75, 3.05) is 19.7 Å². The molecule has 0 bridgehead atoms. The average molecular weight is 453 g/mol. The van der Waals surface area contributed by atoms with Crippen molar-refractivity contribution in [3.05, 3.63) is 52.5 Å². The Morgan fingerprint density at radius 1 is 1.31 bits per heavy atom. The van der Waals surface area contributed by atoms with Crippen molar-refractivity contribution in [1.82, 2.24) is 19.9 Å². The van der Waals surface area contributed by atoms with Gasteiger partial charge in [-0.25, -0.2) is 14.4 Å². The van der Waals surface area contributed by atoms with Crippen molar-refractivity contribution in [3.63, 3.8) is 0 Å². The van der Waals surface area contributed by atoms with Crippen LogP contribution in [-0.4, -0.2) is 51.3 Å². The molecule has 0 atom stereocenters. The van der Waals surface area contributed by atoms with Gasteiger partial charge in [0, 0.05) is 24.6 Å². The maximum atomic E-state index is 14.1. The number of hydrogen-bond donors (Lipinski definition) is 3. The van der Waals surface area contributed by atoms with Crippen molar-refractivity contribution < 1.29 is 13.9 Å². The predicted octanol–water partition coefficient (Wildman–Crippen LogP) is 3.19. The fourth-order valence-corrected chi connectivity index (χ4v) is 4.87. The summed E-state index contributed by atoms with van der Waals surface area (Å²) in [6, 6.07) is 8.18. The third kappa shape index (κ3) is 4.01. The second-order valence-electron chi connectivity index (χ2n) is 7.70. The van der Waals surface area contributed by atoms with Gasteiger partial charge in [0.1, 0.15) is 40.4 Å². The SMILES string of the molecule is N=C(N)c1ccc2nc(Cc3nc4c(OCCN5CCCC5=O)cc(F)cc4[nH]3)sc2c1. The van der Waals surface area contributed by atoms with Crippen LogP contribution in [0.5, 0.6) is 5.75 Å². The van der Waals surface area contributed by atoms with E-state index in [1.54, 1.807) is 11.0 Å². The standard InChI is InChI=1S/C22H21FN6O2S/c23-13-9-15-21(16(10-13)31-7-6-29-5-1-2-20(29)30)28-18(26-15)11-19-27-14-4-3-12(22(24)25)8-17(14)32-19/h3-4,8-10H,1-2,5-7,11H2,(H3,24,25)(H,26,28). The molecule has 5 rings (SSSR count). The summed E-state index contributed by atoms with van der Waals surface area (Å²) in [5.74, 6) is 0.728. The molecule has 1 aliphatic heterocycles. The first-order valence-electron chi connectivity index (χ1n) is 10.3. The lowest BCUT2D eigenvalue weighted by Gasteiger charge is -2.15. The third-order valence-electron chi connectivity index (χ3n) is 5.42. The van der Waals surface area contributed by atoms with Crippen LogP contribution < -0.4 is 10.5 Å². The van der Waals surface area contributed by atoms with Crippen molar-refractivity contribution >= 4 is 44.3 Å². The van der Waals surface area contributed by atoms with Gasteiger partial charge < -0.3 is 20.4 Å². The molecule has 8 nitrogen and oxygen atoms in total. The number of nitrogens with two attached hydrogens (primary N) is 1. The lowest BCUT2D eigenvalue weighted by Crippen LogP contribution is -2.29. The number of halogens is 1. The summed E-state index contributed by atoms with van der Waals surface area (Å²) in [6.07, 6.45) is 1.90. The molecule has 0 spiro atoms. The fraction of sp³-hybridized carbons (Fsp3) is 0.273. The molecule has 4 aromatic rings. The number of rotatable bonds is 7. The minimum Gasteiger partial charge on any atom is -0.489 e. The second-order valence-corrected chi connectivity index (χ2v) is 8.81. The fourth-order valence-electron chi connectivity index (χ4n) is 3.86. The summed E-state index contributed by atoms with van der Waals surface area (Å²) in [7, 11) is 0. The van der Waals surface area contributed by atoms with E-state index in [2.05, 4.69) is 15.0 Å². The first-order valence-corrected chi connectivity index (χ1v) is 11.1. The van der Waals surface area contributed by atoms with Crippen LogP contribution in [0.1, 0.15) is 29.2 Å². The molecule has 0 radical (unpaired) electrons. The monoisotopic (exact) mass is 452 g/mol. The molecule has 1 aliphatic rings. The number of aromatic nitrogens is 3. The van der Waals surface area contributed by atoms with Gasteiger partial charge in [0.25, 0.3) is 0 Å². The number of nitrogens with zero attached hydrogens (tertiary/aromatic N) is 3. The molecule has 1 saturated heterocycles. The quantitative estimate of drug-likeness (QED) is 0.294. The molecule has 3 heterocycles. The summed E-state index contributed by atoms with van der Waals surface area (Å²) in [4.78, 5) is 25.9. The van der Waals surface area contributed by atoms with Crippen molar-refractivity contribution in [2.45, 2.75) is 19.3 Å². The number of ether oxygens (including phenoxy) is 1. The highest BCUT2D eigenvalue weighted by Gasteiger charge is 2.20. The van der Waals surface area contributed by atoms with Gasteiger partial charge in [-0.15, -0.1) is 11.3 Å². The number of aromatic amines is 1. The van der Waals surface area contributed by atoms with Crippen LogP contribution in [0.15, 0.2) is 30.3 Å². The van der Waals surface area contributed by atoms with Gasteiger partial charge in [0.15, 0.2) is 0 Å². The number of benzene rings is 2. The minimum atomic E-state index is -0.420. The number of hydrogen-bond acceptors (Lipinski definition) is 6. The molecule has 32 heavy (non-hydrogen) atoms. The van der Waals surface area contributed by atoms with Gasteiger partial charge in [-0.2, -0.15) is 0 Å². The molecule has 4 N–H and O–H groups in total. The average Bonchev–Trinajstić information content (AvgIpc) is 3.45. The van der Waals surface area contributed by atoms with Crippen LogP contribution in [0.4, 0.5) is 4.39 Å². The van der Waals surface area contributed by atoms with E-state index >= 15 is 0 Å². The van der Waals surface area contributed by atoms with E-state index in [1.165, 1.54) is 23.5 Å². The molecule has 2 aromatic carbocycles. The first-order chi connectivity index (χ1) is 15.5. The maximum absolute atomic E-state index is 14.1. The largest absolute Gasteiger partial charge is 0.489 e. The molecule has 164 valence electrons. The van der Waals surface area contributed by atoms with Gasteiger partial charge in [-0.3, -0.25) is 10.2 Å². The number of carbonyl (C=O) groups excluding carboxylic acids is 1. The summed E-state index contributed by atoms with van der Waals surface area (Å²) < 4.78 is 20.9. The van der Waals surface area contributed by atoms with E-state index in [9.17, 15) is 9.18 Å². The summed E-state index contributed by atoms with van der Waals surface area (Å²) in [5.41, 5.74) is 8.16. The molecule has 0 unspecified atom stereocenters. The van der Waals surface area contributed by atoms with E-state index < -0.39 is 5.82 Å². The van der Waals surface area contributed by atoms with Crippen molar-refractivity contribution in [3.8, 4) is 5.75 Å². The number of likely N-dealkylation sites (tertiary alicyclic amines) is 1. The van der Waals surface area contributed by atoms with Crippen molar-refractivity contribution in [2.24, 2.45) is 5.73 Å². The third-order valence-corrected chi connectivity index (χ3v) is 6.44. The molecule has 1 amide bonds. The number of thiazole rings is 1. The van der Waals surface area contributed by atoms with Crippen molar-refractivity contribution in [1.29, 1.82) is 5.41 Å². The Morgan fingerprint density at radius 3 is 2.97 bits per heavy atom.